The predicted octanol–water partition coefficient (Wildman–Crippen LogP) is 2.52. The van der Waals surface area contributed by atoms with Crippen molar-refractivity contribution in [3.05, 3.63) is 53.9 Å². The van der Waals surface area contributed by atoms with Gasteiger partial charge in [0.25, 0.3) is 0 Å². The quantitative estimate of drug-likeness (QED) is 0.805. The van der Waals surface area contributed by atoms with Gasteiger partial charge >= 0.3 is 0 Å². The lowest BCUT2D eigenvalue weighted by molar-refractivity contribution is 1.06. The Labute approximate surface area is 89.8 Å². The topological polar surface area (TPSA) is 38.9 Å². The Bertz CT molecular complexity index is 464. The highest BCUT2D eigenvalue weighted by atomic mass is 14.6. The minimum absolute atomic E-state index is 0.547. The van der Waals surface area contributed by atoms with E-state index >= 15 is 0 Å². The van der Waals surface area contributed by atoms with E-state index in [2.05, 4.69) is 36.2 Å². The maximum Gasteiger partial charge on any atom is 0.0349 e. The summed E-state index contributed by atoms with van der Waals surface area (Å²) in [5.74, 6) is 0. The summed E-state index contributed by atoms with van der Waals surface area (Å²) in [6.45, 7) is 2.63. The van der Waals surface area contributed by atoms with Crippen molar-refractivity contribution < 1.29 is 0 Å². The van der Waals surface area contributed by atoms with Crippen LogP contribution in [0, 0.1) is 6.92 Å². The number of hydrogen-bond donors (Lipinski definition) is 1. The molecule has 15 heavy (non-hydrogen) atoms. The third-order valence-electron chi connectivity index (χ3n) is 2.46. The second-order valence-electron chi connectivity index (χ2n) is 3.61. The van der Waals surface area contributed by atoms with Crippen molar-refractivity contribution >= 4 is 0 Å². The van der Waals surface area contributed by atoms with Crippen LogP contribution in [0.4, 0.5) is 0 Å². The van der Waals surface area contributed by atoms with Crippen LogP contribution < -0.4 is 5.73 Å². The van der Waals surface area contributed by atoms with Gasteiger partial charge in [0, 0.05) is 24.5 Å². The average molecular weight is 198 g/mol. The van der Waals surface area contributed by atoms with Crippen molar-refractivity contribution in [2.75, 3.05) is 0 Å². The van der Waals surface area contributed by atoms with Crippen LogP contribution in [0.2, 0.25) is 0 Å². The molecule has 2 aromatic rings. The Kier molecular flexibility index (Phi) is 2.79. The molecule has 0 aliphatic heterocycles. The minimum Gasteiger partial charge on any atom is -0.326 e. The van der Waals surface area contributed by atoms with Crippen LogP contribution in [0.25, 0.3) is 11.1 Å². The summed E-state index contributed by atoms with van der Waals surface area (Å²) < 4.78 is 0. The maximum absolute atomic E-state index is 5.70. The molecule has 0 aliphatic rings. The predicted molar refractivity (Wildman–Crippen MR) is 62.3 cm³/mol. The number of hydrogen-bond acceptors (Lipinski definition) is 2. The smallest absolute Gasteiger partial charge is 0.0349 e. The number of benzene rings is 1. The highest BCUT2D eigenvalue weighted by Gasteiger charge is 2.03. The second-order valence-corrected chi connectivity index (χ2v) is 3.61. The van der Waals surface area contributed by atoms with Gasteiger partial charge < -0.3 is 5.73 Å². The first-order chi connectivity index (χ1) is 7.31. The van der Waals surface area contributed by atoms with Crippen molar-refractivity contribution in [3.8, 4) is 11.1 Å². The van der Waals surface area contributed by atoms with Gasteiger partial charge in [0.15, 0.2) is 0 Å². The van der Waals surface area contributed by atoms with E-state index in [1.807, 2.05) is 12.3 Å². The lowest BCUT2D eigenvalue weighted by Crippen LogP contribution is -1.99. The molecule has 2 N–H and O–H groups in total. The van der Waals surface area contributed by atoms with Crippen LogP contribution in [0.5, 0.6) is 0 Å². The molecule has 0 amide bonds. The van der Waals surface area contributed by atoms with Crippen molar-refractivity contribution in [1.82, 2.24) is 4.98 Å². The van der Waals surface area contributed by atoms with E-state index < -0.39 is 0 Å². The molecule has 0 aliphatic carbocycles. The van der Waals surface area contributed by atoms with Gasteiger partial charge in [-0.15, -0.1) is 0 Å². The molecule has 2 rings (SSSR count). The summed E-state index contributed by atoms with van der Waals surface area (Å²) in [6.07, 6.45) is 3.65. The summed E-state index contributed by atoms with van der Waals surface area (Å²) >= 11 is 0. The van der Waals surface area contributed by atoms with E-state index in [1.165, 1.54) is 11.1 Å². The van der Waals surface area contributed by atoms with Gasteiger partial charge in [0.05, 0.1) is 0 Å². The first-order valence-electron chi connectivity index (χ1n) is 5.01. The molecule has 1 aromatic carbocycles. The number of aryl methyl sites for hydroxylation is 1. The van der Waals surface area contributed by atoms with E-state index in [4.69, 9.17) is 5.73 Å². The molecule has 0 saturated carbocycles. The van der Waals surface area contributed by atoms with Crippen molar-refractivity contribution in [3.63, 3.8) is 0 Å². The Morgan fingerprint density at radius 3 is 2.87 bits per heavy atom. The lowest BCUT2D eigenvalue weighted by Gasteiger charge is -2.07. The third-order valence-corrected chi connectivity index (χ3v) is 2.46. The van der Waals surface area contributed by atoms with Gasteiger partial charge in [-0.3, -0.25) is 4.98 Å². The molecular weight excluding hydrogens is 184 g/mol. The molecule has 0 radical (unpaired) electrons. The fraction of sp³-hybridized carbons (Fsp3) is 0.154. The number of rotatable bonds is 2. The summed E-state index contributed by atoms with van der Waals surface area (Å²) in [5, 5.41) is 0. The van der Waals surface area contributed by atoms with Gasteiger partial charge in [-0.2, -0.15) is 0 Å². The van der Waals surface area contributed by atoms with Gasteiger partial charge in [0.2, 0.25) is 0 Å². The average Bonchev–Trinajstić information content (AvgIpc) is 2.29. The zero-order chi connectivity index (χ0) is 10.7. The molecular formula is C13H14N2. The van der Waals surface area contributed by atoms with Gasteiger partial charge in [-0.25, -0.2) is 0 Å². The molecule has 2 nitrogen and oxygen atoms in total. The zero-order valence-corrected chi connectivity index (χ0v) is 8.77. The minimum atomic E-state index is 0.547. The molecule has 0 bridgehead atoms. The fourth-order valence-electron chi connectivity index (χ4n) is 1.67. The number of nitrogens with zero attached hydrogens (tertiary/aromatic N) is 1. The van der Waals surface area contributed by atoms with Crippen molar-refractivity contribution in [1.29, 1.82) is 0 Å². The summed E-state index contributed by atoms with van der Waals surface area (Å²) in [6, 6.07) is 10.3. The van der Waals surface area contributed by atoms with Gasteiger partial charge in [-0.1, -0.05) is 29.8 Å². The first-order valence-corrected chi connectivity index (χ1v) is 5.01. The molecule has 0 atom stereocenters. The SMILES string of the molecule is Cc1cccc(-c2cnccc2CN)c1. The van der Waals surface area contributed by atoms with Crippen LogP contribution in [-0.4, -0.2) is 4.98 Å². The molecule has 0 spiro atoms. The Morgan fingerprint density at radius 1 is 1.27 bits per heavy atom. The fourth-order valence-corrected chi connectivity index (χ4v) is 1.67. The van der Waals surface area contributed by atoms with Crippen LogP contribution in [0.1, 0.15) is 11.1 Å². The largest absolute Gasteiger partial charge is 0.326 e. The summed E-state index contributed by atoms with van der Waals surface area (Å²) in [4.78, 5) is 4.14. The van der Waals surface area contributed by atoms with Crippen molar-refractivity contribution in [2.45, 2.75) is 13.5 Å². The number of aromatic nitrogens is 1. The first kappa shape index (κ1) is 9.87. The van der Waals surface area contributed by atoms with Gasteiger partial charge in [-0.05, 0) is 24.1 Å². The van der Waals surface area contributed by atoms with Crippen LogP contribution >= 0.6 is 0 Å². The van der Waals surface area contributed by atoms with E-state index in [0.29, 0.717) is 6.54 Å². The molecule has 1 aromatic heterocycles. The highest BCUT2D eigenvalue weighted by Crippen LogP contribution is 2.22. The Balaban J connectivity index is 2.53. The van der Waals surface area contributed by atoms with E-state index in [-0.39, 0.29) is 0 Å². The van der Waals surface area contributed by atoms with E-state index in [0.717, 1.165) is 11.1 Å². The van der Waals surface area contributed by atoms with E-state index in [1.54, 1.807) is 6.20 Å². The monoisotopic (exact) mass is 198 g/mol. The standard InChI is InChI=1S/C13H14N2/c1-10-3-2-4-11(7-10)13-9-15-6-5-12(13)8-14/h2-7,9H,8,14H2,1H3. The van der Waals surface area contributed by atoms with Crippen molar-refractivity contribution in [2.24, 2.45) is 5.73 Å². The maximum atomic E-state index is 5.70. The molecule has 1 heterocycles. The molecule has 0 unspecified atom stereocenters. The van der Waals surface area contributed by atoms with E-state index in [9.17, 15) is 0 Å². The number of nitrogens with two attached hydrogens (primary N) is 1. The third kappa shape index (κ3) is 2.05. The number of pyridine rings is 1. The highest BCUT2D eigenvalue weighted by molar-refractivity contribution is 5.66. The second kappa shape index (κ2) is 4.24. The molecule has 76 valence electrons. The molecule has 2 heteroatoms. The van der Waals surface area contributed by atoms with Crippen LogP contribution in [-0.2, 0) is 6.54 Å². The van der Waals surface area contributed by atoms with Crippen LogP contribution in [0.15, 0.2) is 42.7 Å². The summed E-state index contributed by atoms with van der Waals surface area (Å²) in [5.41, 5.74) is 10.4. The molecule has 0 fully saturated rings. The van der Waals surface area contributed by atoms with Gasteiger partial charge in [0.1, 0.15) is 0 Å². The summed E-state index contributed by atoms with van der Waals surface area (Å²) in [7, 11) is 0. The normalized spacial score (nSPS) is 10.3. The zero-order valence-electron chi connectivity index (χ0n) is 8.77. The lowest BCUT2D eigenvalue weighted by atomic mass is 10.0. The Hall–Kier alpha value is -1.67. The van der Waals surface area contributed by atoms with Crippen LogP contribution in [0.3, 0.4) is 0 Å². The Morgan fingerprint density at radius 2 is 2.13 bits per heavy atom. The molecule has 0 saturated heterocycles.